The molecule has 0 aliphatic carbocycles. The van der Waals surface area contributed by atoms with Crippen LogP contribution in [0.4, 0.5) is 0 Å². The topological polar surface area (TPSA) is 94.2 Å². The highest BCUT2D eigenvalue weighted by Gasteiger charge is 2.27. The van der Waals surface area contributed by atoms with Crippen molar-refractivity contribution in [3.8, 4) is 0 Å². The fourth-order valence-corrected chi connectivity index (χ4v) is 2.80. The molecule has 2 unspecified atom stereocenters. The molecular formula is C17H32N2O6S. The van der Waals surface area contributed by atoms with Gasteiger partial charge in [0.05, 0.1) is 13.7 Å². The highest BCUT2D eigenvalue weighted by Crippen LogP contribution is 2.11. The first-order chi connectivity index (χ1) is 12.4. The molecule has 0 amide bonds. The van der Waals surface area contributed by atoms with Crippen molar-refractivity contribution in [1.29, 1.82) is 0 Å². The van der Waals surface area contributed by atoms with Gasteiger partial charge < -0.3 is 19.5 Å². The molecule has 152 valence electrons. The van der Waals surface area contributed by atoms with Crippen molar-refractivity contribution in [3.05, 3.63) is 0 Å². The Hall–Kier alpha value is -1.32. The van der Waals surface area contributed by atoms with Gasteiger partial charge in [-0.15, -0.1) is 0 Å². The molecule has 8 nitrogen and oxygen atoms in total. The fourth-order valence-electron chi connectivity index (χ4n) is 2.34. The summed E-state index contributed by atoms with van der Waals surface area (Å²) in [4.78, 5) is 37.5. The van der Waals surface area contributed by atoms with Gasteiger partial charge >= 0.3 is 17.9 Å². The van der Waals surface area contributed by atoms with Gasteiger partial charge in [-0.25, -0.2) is 0 Å². The molecule has 0 bridgehead atoms. The summed E-state index contributed by atoms with van der Waals surface area (Å²) in [6.07, 6.45) is 2.99. The number of methoxy groups -OCH3 is 1. The zero-order valence-electron chi connectivity index (χ0n) is 16.4. The quantitative estimate of drug-likeness (QED) is 0.264. The maximum Gasteiger partial charge on any atom is 0.324 e. The molecule has 0 aliphatic rings. The third kappa shape index (κ3) is 9.40. The van der Waals surface area contributed by atoms with E-state index in [-0.39, 0.29) is 31.5 Å². The standard InChI is InChI=1S/C17H32N2O6S/c1-6-19(14(10-11-26-5)17(22)23-4)12-25-16(21)13(18-3)8-9-15(20)24-7-2/h13-14,18H,6-12H2,1-5H3. The molecule has 0 saturated heterocycles. The molecule has 0 fully saturated rings. The first kappa shape index (κ1) is 24.7. The Morgan fingerprint density at radius 1 is 1.12 bits per heavy atom. The normalized spacial score (nSPS) is 13.2. The number of hydrogen-bond donors (Lipinski definition) is 1. The minimum absolute atomic E-state index is 0.0128. The van der Waals surface area contributed by atoms with Crippen molar-refractivity contribution in [2.75, 3.05) is 46.0 Å². The van der Waals surface area contributed by atoms with Crippen LogP contribution in [0.25, 0.3) is 0 Å². The largest absolute Gasteiger partial charge is 0.468 e. The summed E-state index contributed by atoms with van der Waals surface area (Å²) in [7, 11) is 2.98. The molecule has 0 aromatic heterocycles. The average Bonchev–Trinajstić information content (AvgIpc) is 2.64. The first-order valence-corrected chi connectivity index (χ1v) is 10.1. The van der Waals surface area contributed by atoms with Crippen molar-refractivity contribution in [2.24, 2.45) is 0 Å². The van der Waals surface area contributed by atoms with Crippen LogP contribution in [-0.4, -0.2) is 80.9 Å². The molecule has 0 heterocycles. The number of nitrogens with zero attached hydrogens (tertiary/aromatic N) is 1. The van der Waals surface area contributed by atoms with Crippen LogP contribution in [-0.2, 0) is 28.6 Å². The molecule has 0 rings (SSSR count). The predicted octanol–water partition coefficient (Wildman–Crippen LogP) is 1.04. The van der Waals surface area contributed by atoms with E-state index >= 15 is 0 Å². The third-order valence-corrected chi connectivity index (χ3v) is 4.51. The summed E-state index contributed by atoms with van der Waals surface area (Å²) in [5, 5.41) is 2.84. The van der Waals surface area contributed by atoms with E-state index in [1.165, 1.54) is 7.11 Å². The lowest BCUT2D eigenvalue weighted by Crippen LogP contribution is -2.45. The highest BCUT2D eigenvalue weighted by atomic mass is 32.2. The Balaban J connectivity index is 4.67. The lowest BCUT2D eigenvalue weighted by molar-refractivity contribution is -0.159. The number of thioether (sulfide) groups is 1. The summed E-state index contributed by atoms with van der Waals surface area (Å²) < 4.78 is 15.1. The smallest absolute Gasteiger partial charge is 0.324 e. The minimum atomic E-state index is -0.610. The zero-order chi connectivity index (χ0) is 19.9. The number of likely N-dealkylation sites (N-methyl/N-ethyl adjacent to an activating group) is 2. The van der Waals surface area contributed by atoms with Gasteiger partial charge in [0.1, 0.15) is 18.8 Å². The maximum atomic E-state index is 12.3. The van der Waals surface area contributed by atoms with E-state index in [1.54, 1.807) is 30.6 Å². The van der Waals surface area contributed by atoms with Crippen LogP contribution < -0.4 is 5.32 Å². The van der Waals surface area contributed by atoms with Crippen molar-refractivity contribution >= 4 is 29.7 Å². The summed E-state index contributed by atoms with van der Waals surface area (Å²) in [6.45, 7) is 4.45. The number of esters is 3. The van der Waals surface area contributed by atoms with Crippen LogP contribution >= 0.6 is 11.8 Å². The summed E-state index contributed by atoms with van der Waals surface area (Å²) in [6, 6.07) is -1.07. The van der Waals surface area contributed by atoms with Gasteiger partial charge in [-0.2, -0.15) is 11.8 Å². The van der Waals surface area contributed by atoms with E-state index in [1.807, 2.05) is 13.2 Å². The Kier molecular flexibility index (Phi) is 14.1. The second-order valence-corrected chi connectivity index (χ2v) is 6.49. The van der Waals surface area contributed by atoms with E-state index in [0.717, 1.165) is 5.75 Å². The number of nitrogens with one attached hydrogen (secondary N) is 1. The molecule has 0 aliphatic heterocycles. The van der Waals surface area contributed by atoms with Gasteiger partial charge in [0, 0.05) is 6.42 Å². The molecule has 0 aromatic rings. The second-order valence-electron chi connectivity index (χ2n) is 5.50. The van der Waals surface area contributed by atoms with Crippen LogP contribution in [0.2, 0.25) is 0 Å². The van der Waals surface area contributed by atoms with Gasteiger partial charge in [-0.3, -0.25) is 19.3 Å². The summed E-state index contributed by atoms with van der Waals surface area (Å²) >= 11 is 1.64. The Morgan fingerprint density at radius 2 is 1.81 bits per heavy atom. The molecule has 0 radical (unpaired) electrons. The zero-order valence-corrected chi connectivity index (χ0v) is 17.2. The number of carbonyl (C=O) groups excluding carboxylic acids is 3. The van der Waals surface area contributed by atoms with Crippen molar-refractivity contribution in [1.82, 2.24) is 10.2 Å². The minimum Gasteiger partial charge on any atom is -0.468 e. The molecule has 2 atom stereocenters. The van der Waals surface area contributed by atoms with E-state index in [2.05, 4.69) is 5.32 Å². The first-order valence-electron chi connectivity index (χ1n) is 8.75. The summed E-state index contributed by atoms with van der Waals surface area (Å²) in [5.41, 5.74) is 0. The maximum absolute atomic E-state index is 12.3. The number of rotatable bonds is 14. The highest BCUT2D eigenvalue weighted by molar-refractivity contribution is 7.98. The van der Waals surface area contributed by atoms with Crippen LogP contribution in [0.5, 0.6) is 0 Å². The average molecular weight is 393 g/mol. The van der Waals surface area contributed by atoms with Crippen molar-refractivity contribution in [3.63, 3.8) is 0 Å². The van der Waals surface area contributed by atoms with Crippen LogP contribution in [0.3, 0.4) is 0 Å². The number of hydrogen-bond acceptors (Lipinski definition) is 9. The van der Waals surface area contributed by atoms with Crippen LogP contribution in [0, 0.1) is 0 Å². The molecular weight excluding hydrogens is 360 g/mol. The predicted molar refractivity (Wildman–Crippen MR) is 101 cm³/mol. The van der Waals surface area contributed by atoms with Gasteiger partial charge in [-0.1, -0.05) is 6.92 Å². The van der Waals surface area contributed by atoms with Gasteiger partial charge in [0.2, 0.25) is 0 Å². The lowest BCUT2D eigenvalue weighted by Gasteiger charge is -2.28. The number of ether oxygens (including phenoxy) is 3. The van der Waals surface area contributed by atoms with E-state index < -0.39 is 18.1 Å². The van der Waals surface area contributed by atoms with Gasteiger partial charge in [0.15, 0.2) is 0 Å². The van der Waals surface area contributed by atoms with Crippen LogP contribution in [0.1, 0.15) is 33.1 Å². The lowest BCUT2D eigenvalue weighted by atomic mass is 10.1. The molecule has 0 saturated carbocycles. The third-order valence-electron chi connectivity index (χ3n) is 3.86. The van der Waals surface area contributed by atoms with E-state index in [4.69, 9.17) is 14.2 Å². The van der Waals surface area contributed by atoms with Crippen molar-refractivity contribution < 1.29 is 28.6 Å². The Morgan fingerprint density at radius 3 is 2.31 bits per heavy atom. The monoisotopic (exact) mass is 392 g/mol. The van der Waals surface area contributed by atoms with Gasteiger partial charge in [-0.05, 0) is 45.4 Å². The molecule has 1 N–H and O–H groups in total. The Bertz CT molecular complexity index is 435. The Labute approximate surface area is 160 Å². The SMILES string of the molecule is CCOC(=O)CCC(NC)C(=O)OCN(CC)C(CCSC)C(=O)OC. The van der Waals surface area contributed by atoms with E-state index in [0.29, 0.717) is 19.6 Å². The van der Waals surface area contributed by atoms with E-state index in [9.17, 15) is 14.4 Å². The molecule has 26 heavy (non-hydrogen) atoms. The van der Waals surface area contributed by atoms with Crippen LogP contribution in [0.15, 0.2) is 0 Å². The molecule has 0 aromatic carbocycles. The molecule has 9 heteroatoms. The number of carbonyl (C=O) groups is 3. The second kappa shape index (κ2) is 14.8. The molecule has 0 spiro atoms. The summed E-state index contributed by atoms with van der Waals surface area (Å²) in [5.74, 6) is -0.366. The van der Waals surface area contributed by atoms with Crippen molar-refractivity contribution in [2.45, 2.75) is 45.2 Å². The fraction of sp³-hybridized carbons (Fsp3) is 0.824. The van der Waals surface area contributed by atoms with Gasteiger partial charge in [0.25, 0.3) is 0 Å².